The first-order valence-electron chi connectivity index (χ1n) is 16.4. The molecule has 1 aromatic carbocycles. The number of Topliss-reactive ketones (excluding diaryl/α,β-unsaturated/α-hetero) is 1. The van der Waals surface area contributed by atoms with Gasteiger partial charge in [0.2, 0.25) is 23.5 Å². The maximum absolute atomic E-state index is 14.3. The molecule has 4 N–H and O–H groups in total. The number of carbonyl (C=O) groups is 5. The number of ketones is 1. The van der Waals surface area contributed by atoms with Crippen LogP contribution < -0.4 is 21.3 Å². The van der Waals surface area contributed by atoms with Crippen LogP contribution in [0.2, 0.25) is 0 Å². The van der Waals surface area contributed by atoms with Crippen LogP contribution in [-0.2, 0) is 14.4 Å². The van der Waals surface area contributed by atoms with Crippen molar-refractivity contribution in [2.24, 2.45) is 28.6 Å². The molecule has 12 heteroatoms. The quantitative estimate of drug-likeness (QED) is 0.298. The number of thiazole rings is 1. The average Bonchev–Trinajstić information content (AvgIpc) is 3.53. The molecule has 1 saturated carbocycles. The summed E-state index contributed by atoms with van der Waals surface area (Å²) in [5.74, 6) is -1.70. The topological polar surface area (TPSA) is 150 Å². The molecule has 3 fully saturated rings. The molecule has 254 valence electrons. The van der Waals surface area contributed by atoms with Crippen molar-refractivity contribution >= 4 is 40.9 Å². The van der Waals surface area contributed by atoms with Crippen LogP contribution in [0.4, 0.5) is 4.79 Å². The van der Waals surface area contributed by atoms with Crippen LogP contribution in [0.25, 0.3) is 11.3 Å². The molecule has 2 aliphatic heterocycles. The van der Waals surface area contributed by atoms with Gasteiger partial charge in [-0.25, -0.2) is 9.78 Å². The lowest BCUT2D eigenvalue weighted by Gasteiger charge is -2.38. The van der Waals surface area contributed by atoms with Gasteiger partial charge in [-0.15, -0.1) is 11.3 Å². The Hall–Kier alpha value is -3.80. The number of hydrogen-bond donors (Lipinski definition) is 4. The van der Waals surface area contributed by atoms with E-state index in [0.29, 0.717) is 25.2 Å². The number of fused-ring (bicyclic) bond motifs is 1. The highest BCUT2D eigenvalue weighted by atomic mass is 32.1. The highest BCUT2D eigenvalue weighted by Gasteiger charge is 2.70. The second kappa shape index (κ2) is 12.7. The maximum atomic E-state index is 14.3. The Morgan fingerprint density at radius 3 is 2.34 bits per heavy atom. The summed E-state index contributed by atoms with van der Waals surface area (Å²) in [4.78, 5) is 74.3. The summed E-state index contributed by atoms with van der Waals surface area (Å²) < 4.78 is 0. The average molecular weight is 665 g/mol. The number of likely N-dealkylation sites (tertiary alicyclic amines) is 1. The zero-order valence-corrected chi connectivity index (χ0v) is 29.4. The van der Waals surface area contributed by atoms with E-state index < -0.39 is 46.9 Å². The molecule has 5 amide bonds. The van der Waals surface area contributed by atoms with Gasteiger partial charge in [-0.1, -0.05) is 65.0 Å². The minimum absolute atomic E-state index is 0.105. The number of piperidine rings is 1. The lowest BCUT2D eigenvalue weighted by Crippen LogP contribution is -2.62. The third kappa shape index (κ3) is 7.37. The lowest BCUT2D eigenvalue weighted by molar-refractivity contribution is -0.143. The molecule has 1 aromatic heterocycles. The number of nitrogens with one attached hydrogen (secondary N) is 4. The van der Waals surface area contributed by atoms with Gasteiger partial charge in [0.1, 0.15) is 12.1 Å². The summed E-state index contributed by atoms with van der Waals surface area (Å²) in [6.45, 7) is 16.3. The van der Waals surface area contributed by atoms with Crippen molar-refractivity contribution in [2.45, 2.75) is 91.9 Å². The summed E-state index contributed by atoms with van der Waals surface area (Å²) in [6.07, 6.45) is 0.695. The summed E-state index contributed by atoms with van der Waals surface area (Å²) in [5, 5.41) is 13.6. The molecular weight excluding hydrogens is 616 g/mol. The number of amides is 5. The second-order valence-corrected chi connectivity index (χ2v) is 16.7. The predicted octanol–water partition coefficient (Wildman–Crippen LogP) is 4.00. The molecule has 47 heavy (non-hydrogen) atoms. The Labute approximate surface area is 281 Å². The van der Waals surface area contributed by atoms with Gasteiger partial charge in [-0.3, -0.25) is 19.2 Å². The molecule has 0 unspecified atom stereocenters. The molecule has 0 bridgehead atoms. The number of carbonyl (C=O) groups excluding carboxylic acids is 5. The smallest absolute Gasteiger partial charge is 0.315 e. The number of urea groups is 1. The van der Waals surface area contributed by atoms with Gasteiger partial charge >= 0.3 is 6.03 Å². The van der Waals surface area contributed by atoms with E-state index in [1.54, 1.807) is 4.90 Å². The van der Waals surface area contributed by atoms with Gasteiger partial charge < -0.3 is 26.2 Å². The molecule has 11 nitrogen and oxygen atoms in total. The molecule has 3 heterocycles. The van der Waals surface area contributed by atoms with E-state index >= 15 is 0 Å². The van der Waals surface area contributed by atoms with Crippen molar-refractivity contribution < 1.29 is 24.0 Å². The number of rotatable bonds is 9. The van der Waals surface area contributed by atoms with Crippen LogP contribution in [0.5, 0.6) is 0 Å². The van der Waals surface area contributed by atoms with Crippen LogP contribution in [0.1, 0.15) is 78.0 Å². The zero-order valence-electron chi connectivity index (χ0n) is 28.6. The minimum atomic E-state index is -1.00. The van der Waals surface area contributed by atoms with E-state index in [0.717, 1.165) is 5.56 Å². The predicted molar refractivity (Wildman–Crippen MR) is 180 cm³/mol. The molecule has 2 saturated heterocycles. The molecule has 1 aliphatic carbocycles. The zero-order chi connectivity index (χ0) is 34.5. The van der Waals surface area contributed by atoms with Crippen LogP contribution in [0.15, 0.2) is 35.7 Å². The normalized spacial score (nSPS) is 24.5. The first-order valence-corrected chi connectivity index (χ1v) is 17.3. The van der Waals surface area contributed by atoms with Crippen molar-refractivity contribution in [1.82, 2.24) is 31.2 Å². The summed E-state index contributed by atoms with van der Waals surface area (Å²) in [5.41, 5.74) is 0.213. The summed E-state index contributed by atoms with van der Waals surface area (Å²) in [6, 6.07) is 6.34. The molecule has 0 spiro atoms. The van der Waals surface area contributed by atoms with Gasteiger partial charge in [-0.05, 0) is 56.3 Å². The van der Waals surface area contributed by atoms with Crippen LogP contribution in [0, 0.1) is 28.6 Å². The third-order valence-corrected chi connectivity index (χ3v) is 10.6. The van der Waals surface area contributed by atoms with Gasteiger partial charge in [0, 0.05) is 35.5 Å². The van der Waals surface area contributed by atoms with Gasteiger partial charge in [0.05, 0.1) is 11.7 Å². The third-order valence-electron chi connectivity index (χ3n) is 9.74. The number of aromatic nitrogens is 1. The molecule has 6 atom stereocenters. The van der Waals surface area contributed by atoms with E-state index in [1.165, 1.54) is 11.3 Å². The fourth-order valence-corrected chi connectivity index (χ4v) is 7.88. The lowest BCUT2D eigenvalue weighted by atomic mass is 9.85. The van der Waals surface area contributed by atoms with Crippen molar-refractivity contribution in [3.05, 3.63) is 40.7 Å². The van der Waals surface area contributed by atoms with E-state index in [-0.39, 0.29) is 46.3 Å². The largest absolute Gasteiger partial charge is 0.356 e. The Morgan fingerprint density at radius 1 is 1.06 bits per heavy atom. The maximum Gasteiger partial charge on any atom is 0.315 e. The monoisotopic (exact) mass is 664 g/mol. The van der Waals surface area contributed by atoms with Gasteiger partial charge in [0.15, 0.2) is 5.01 Å². The van der Waals surface area contributed by atoms with Crippen molar-refractivity contribution in [2.75, 3.05) is 13.1 Å². The van der Waals surface area contributed by atoms with Crippen LogP contribution in [0.3, 0.4) is 0 Å². The fraction of sp³-hybridized carbons (Fsp3) is 0.600. The summed E-state index contributed by atoms with van der Waals surface area (Å²) in [7, 11) is 0. The summed E-state index contributed by atoms with van der Waals surface area (Å²) >= 11 is 1.21. The van der Waals surface area contributed by atoms with Crippen LogP contribution >= 0.6 is 11.3 Å². The van der Waals surface area contributed by atoms with E-state index in [9.17, 15) is 24.0 Å². The Kier molecular flexibility index (Phi) is 9.31. The number of nitrogens with zero attached hydrogens (tertiary/aromatic N) is 2. The first kappa shape index (κ1) is 34.5. The van der Waals surface area contributed by atoms with E-state index in [1.807, 2.05) is 77.3 Å². The van der Waals surface area contributed by atoms with E-state index in [2.05, 4.69) is 40.1 Å². The standard InChI is InChI=1S/C35H48N6O5S/c1-33(2,3)27(39-32(46)40-34(4,5)6)31(45)41-17-21-24(35(21,7)8)25(41)29(44)37-22(16-20-14-15-36-28(20)43)26(42)30-38-23(18-47-30)19-12-10-9-11-13-19/h9-13,18,20-22,24-25,27H,14-17H2,1-8H3,(H,36,43)(H,37,44)(H2,39,40,46)/t20-,21-,22-,24-,25-,27+/m0/s1. The molecule has 5 rings (SSSR count). The van der Waals surface area contributed by atoms with Gasteiger partial charge in [0.25, 0.3) is 0 Å². The van der Waals surface area contributed by atoms with Crippen molar-refractivity contribution in [3.63, 3.8) is 0 Å². The van der Waals surface area contributed by atoms with Crippen LogP contribution in [-0.4, -0.2) is 76.2 Å². The second-order valence-electron chi connectivity index (χ2n) is 15.9. The highest BCUT2D eigenvalue weighted by molar-refractivity contribution is 7.12. The Bertz CT molecular complexity index is 1540. The van der Waals surface area contributed by atoms with Crippen molar-refractivity contribution in [3.8, 4) is 11.3 Å². The Balaban J connectivity index is 1.40. The Morgan fingerprint density at radius 2 is 1.74 bits per heavy atom. The van der Waals surface area contributed by atoms with E-state index in [4.69, 9.17) is 0 Å². The molecule has 2 aromatic rings. The van der Waals surface area contributed by atoms with Crippen molar-refractivity contribution in [1.29, 1.82) is 0 Å². The number of benzene rings is 1. The SMILES string of the molecule is CC(C)(C)NC(=O)N[C@H](C(=O)N1C[C@H]2[C@@H]([C@H]1C(=O)N[C@@H](C[C@@H]1CCNC1=O)C(=O)c1nc(-c3ccccc3)cs1)C2(C)C)C(C)(C)C. The molecule has 0 radical (unpaired) electrons. The fourth-order valence-electron chi connectivity index (χ4n) is 7.06. The highest BCUT2D eigenvalue weighted by Crippen LogP contribution is 2.65. The molecule has 3 aliphatic rings. The van der Waals surface area contributed by atoms with Gasteiger partial charge in [-0.2, -0.15) is 0 Å². The minimum Gasteiger partial charge on any atom is -0.356 e. The molecular formula is C35H48N6O5S. The first-order chi connectivity index (χ1) is 21.9. The number of hydrogen-bond acceptors (Lipinski definition) is 7.